The SMILES string of the molecule is CCc1ccc(Cn2cnc(C(=O)OC)n2)s1. The highest BCUT2D eigenvalue weighted by atomic mass is 32.1. The summed E-state index contributed by atoms with van der Waals surface area (Å²) in [5.41, 5.74) is 0. The number of carbonyl (C=O) groups excluding carboxylic acids is 1. The maximum Gasteiger partial charge on any atom is 0.377 e. The average molecular weight is 251 g/mol. The van der Waals surface area contributed by atoms with Gasteiger partial charge in [0.05, 0.1) is 13.7 Å². The number of aryl methyl sites for hydroxylation is 1. The molecule has 0 aliphatic rings. The summed E-state index contributed by atoms with van der Waals surface area (Å²) in [6.45, 7) is 2.76. The van der Waals surface area contributed by atoms with E-state index in [0.29, 0.717) is 6.54 Å². The van der Waals surface area contributed by atoms with Crippen molar-refractivity contribution in [3.63, 3.8) is 0 Å². The van der Waals surface area contributed by atoms with E-state index >= 15 is 0 Å². The fourth-order valence-corrected chi connectivity index (χ4v) is 2.36. The minimum absolute atomic E-state index is 0.0970. The topological polar surface area (TPSA) is 57.0 Å². The van der Waals surface area contributed by atoms with Crippen LogP contribution in [0.1, 0.15) is 27.3 Å². The molecule has 0 aliphatic carbocycles. The van der Waals surface area contributed by atoms with E-state index in [1.54, 1.807) is 16.0 Å². The van der Waals surface area contributed by atoms with E-state index in [4.69, 9.17) is 0 Å². The van der Waals surface area contributed by atoms with Crippen LogP contribution < -0.4 is 0 Å². The molecule has 17 heavy (non-hydrogen) atoms. The minimum Gasteiger partial charge on any atom is -0.463 e. The van der Waals surface area contributed by atoms with Crippen LogP contribution in [-0.2, 0) is 17.7 Å². The van der Waals surface area contributed by atoms with Gasteiger partial charge in [-0.3, -0.25) is 0 Å². The van der Waals surface area contributed by atoms with Crippen molar-refractivity contribution in [3.8, 4) is 0 Å². The fourth-order valence-electron chi connectivity index (χ4n) is 1.41. The van der Waals surface area contributed by atoms with Crippen molar-refractivity contribution >= 4 is 17.3 Å². The molecule has 0 spiro atoms. The van der Waals surface area contributed by atoms with Gasteiger partial charge < -0.3 is 4.74 Å². The highest BCUT2D eigenvalue weighted by molar-refractivity contribution is 7.11. The van der Waals surface area contributed by atoms with Crippen molar-refractivity contribution in [3.05, 3.63) is 34.0 Å². The summed E-state index contributed by atoms with van der Waals surface area (Å²) in [6, 6.07) is 4.18. The summed E-state index contributed by atoms with van der Waals surface area (Å²) in [4.78, 5) is 17.6. The predicted molar refractivity (Wildman–Crippen MR) is 64.2 cm³/mol. The van der Waals surface area contributed by atoms with Crippen LogP contribution in [0, 0.1) is 0 Å². The summed E-state index contributed by atoms with van der Waals surface area (Å²) < 4.78 is 6.18. The van der Waals surface area contributed by atoms with Gasteiger partial charge in [-0.25, -0.2) is 14.5 Å². The third kappa shape index (κ3) is 2.71. The Kier molecular flexibility index (Phi) is 3.53. The van der Waals surface area contributed by atoms with Gasteiger partial charge in [-0.1, -0.05) is 6.92 Å². The van der Waals surface area contributed by atoms with Gasteiger partial charge in [0.25, 0.3) is 5.82 Å². The Labute approximate surface area is 103 Å². The molecule has 0 radical (unpaired) electrons. The lowest BCUT2D eigenvalue weighted by Gasteiger charge is -1.96. The molecule has 0 amide bonds. The van der Waals surface area contributed by atoms with Crippen molar-refractivity contribution in [2.45, 2.75) is 19.9 Å². The number of esters is 1. The predicted octanol–water partition coefficient (Wildman–Crippen LogP) is 1.74. The van der Waals surface area contributed by atoms with Crippen LogP contribution in [0.15, 0.2) is 18.5 Å². The second-order valence-corrected chi connectivity index (χ2v) is 4.73. The van der Waals surface area contributed by atoms with Crippen LogP contribution in [-0.4, -0.2) is 27.8 Å². The molecule has 2 aromatic heterocycles. The molecular formula is C11H13N3O2S. The summed E-state index contributed by atoms with van der Waals surface area (Å²) in [7, 11) is 1.32. The monoisotopic (exact) mass is 251 g/mol. The Hall–Kier alpha value is -1.69. The molecular weight excluding hydrogens is 238 g/mol. The van der Waals surface area contributed by atoms with E-state index in [0.717, 1.165) is 6.42 Å². The van der Waals surface area contributed by atoms with E-state index in [9.17, 15) is 4.79 Å². The Bertz CT molecular complexity index is 518. The number of aromatic nitrogens is 3. The smallest absolute Gasteiger partial charge is 0.377 e. The van der Waals surface area contributed by atoms with Crippen molar-refractivity contribution in [1.82, 2.24) is 14.8 Å². The highest BCUT2D eigenvalue weighted by Gasteiger charge is 2.11. The molecule has 0 saturated carbocycles. The van der Waals surface area contributed by atoms with E-state index in [1.807, 2.05) is 0 Å². The summed E-state index contributed by atoms with van der Waals surface area (Å²) in [5.74, 6) is -0.413. The Balaban J connectivity index is 2.08. The molecule has 0 atom stereocenters. The summed E-state index contributed by atoms with van der Waals surface area (Å²) in [6.07, 6.45) is 2.58. The standard InChI is InChI=1S/C11H13N3O2S/c1-3-8-4-5-9(17-8)6-14-7-12-10(13-14)11(15)16-2/h4-5,7H,3,6H2,1-2H3. The molecule has 0 aliphatic heterocycles. The molecule has 2 heterocycles. The summed E-state index contributed by atoms with van der Waals surface area (Å²) >= 11 is 1.75. The summed E-state index contributed by atoms with van der Waals surface area (Å²) in [5, 5.41) is 4.05. The van der Waals surface area contributed by atoms with Gasteiger partial charge in [0.1, 0.15) is 6.33 Å². The first-order valence-electron chi connectivity index (χ1n) is 5.28. The van der Waals surface area contributed by atoms with Crippen LogP contribution in [0.5, 0.6) is 0 Å². The van der Waals surface area contributed by atoms with Gasteiger partial charge in [-0.05, 0) is 18.6 Å². The Morgan fingerprint density at radius 2 is 2.24 bits per heavy atom. The Morgan fingerprint density at radius 3 is 2.88 bits per heavy atom. The number of rotatable bonds is 4. The number of carbonyl (C=O) groups is 1. The first-order chi connectivity index (χ1) is 8.22. The molecule has 0 N–H and O–H groups in total. The van der Waals surface area contributed by atoms with Crippen LogP contribution in [0.2, 0.25) is 0 Å². The molecule has 90 valence electrons. The van der Waals surface area contributed by atoms with Crippen molar-refractivity contribution in [2.75, 3.05) is 7.11 Å². The largest absolute Gasteiger partial charge is 0.463 e. The minimum atomic E-state index is -0.510. The molecule has 5 nitrogen and oxygen atoms in total. The molecule has 0 unspecified atom stereocenters. The lowest BCUT2D eigenvalue weighted by molar-refractivity contribution is 0.0586. The van der Waals surface area contributed by atoms with E-state index in [-0.39, 0.29) is 5.82 Å². The van der Waals surface area contributed by atoms with Crippen LogP contribution >= 0.6 is 11.3 Å². The first-order valence-corrected chi connectivity index (χ1v) is 6.10. The number of hydrogen-bond donors (Lipinski definition) is 0. The van der Waals surface area contributed by atoms with Gasteiger partial charge in [-0.15, -0.1) is 16.4 Å². The maximum atomic E-state index is 11.2. The van der Waals surface area contributed by atoms with Crippen molar-refractivity contribution in [1.29, 1.82) is 0 Å². The highest BCUT2D eigenvalue weighted by Crippen LogP contribution is 2.17. The van der Waals surface area contributed by atoms with E-state index in [2.05, 4.69) is 33.9 Å². The number of methoxy groups -OCH3 is 1. The first kappa shape index (κ1) is 11.8. The molecule has 0 bridgehead atoms. The van der Waals surface area contributed by atoms with Gasteiger partial charge in [-0.2, -0.15) is 0 Å². The number of thiophene rings is 1. The maximum absolute atomic E-state index is 11.2. The molecule has 0 saturated heterocycles. The zero-order valence-electron chi connectivity index (χ0n) is 9.71. The normalized spacial score (nSPS) is 10.5. The van der Waals surface area contributed by atoms with Crippen molar-refractivity contribution in [2.24, 2.45) is 0 Å². The Morgan fingerprint density at radius 1 is 1.47 bits per heavy atom. The van der Waals surface area contributed by atoms with Crippen LogP contribution in [0.3, 0.4) is 0 Å². The van der Waals surface area contributed by atoms with Crippen LogP contribution in [0.25, 0.3) is 0 Å². The average Bonchev–Trinajstić information content (AvgIpc) is 2.97. The third-order valence-electron chi connectivity index (χ3n) is 2.29. The fraction of sp³-hybridized carbons (Fsp3) is 0.364. The zero-order chi connectivity index (χ0) is 12.3. The molecule has 2 rings (SSSR count). The van der Waals surface area contributed by atoms with E-state index in [1.165, 1.54) is 23.2 Å². The third-order valence-corrected chi connectivity index (χ3v) is 3.50. The molecule has 0 fully saturated rings. The second-order valence-electron chi connectivity index (χ2n) is 3.48. The van der Waals surface area contributed by atoms with E-state index < -0.39 is 5.97 Å². The lowest BCUT2D eigenvalue weighted by Crippen LogP contribution is -2.06. The number of ether oxygens (including phenoxy) is 1. The quantitative estimate of drug-likeness (QED) is 0.777. The molecule has 0 aromatic carbocycles. The number of nitrogens with zero attached hydrogens (tertiary/aromatic N) is 3. The van der Waals surface area contributed by atoms with Crippen molar-refractivity contribution < 1.29 is 9.53 Å². The van der Waals surface area contributed by atoms with Gasteiger partial charge >= 0.3 is 5.97 Å². The van der Waals surface area contributed by atoms with Gasteiger partial charge in [0, 0.05) is 9.75 Å². The van der Waals surface area contributed by atoms with Gasteiger partial charge in [0.2, 0.25) is 0 Å². The van der Waals surface area contributed by atoms with Crippen LogP contribution in [0.4, 0.5) is 0 Å². The second kappa shape index (κ2) is 5.09. The zero-order valence-corrected chi connectivity index (χ0v) is 10.5. The lowest BCUT2D eigenvalue weighted by atomic mass is 10.4. The molecule has 6 heteroatoms. The number of hydrogen-bond acceptors (Lipinski definition) is 5. The molecule has 2 aromatic rings. The van der Waals surface area contributed by atoms with Gasteiger partial charge in [0.15, 0.2) is 0 Å².